The molecule has 0 radical (unpaired) electrons. The van der Waals surface area contributed by atoms with Crippen LogP contribution in [0.15, 0.2) is 35.1 Å². The topological polar surface area (TPSA) is 91.1 Å². The average molecular weight is 285 g/mol. The Morgan fingerprint density at radius 3 is 2.81 bits per heavy atom. The van der Waals surface area contributed by atoms with Crippen LogP contribution in [0.3, 0.4) is 0 Å². The molecule has 1 unspecified atom stereocenters. The summed E-state index contributed by atoms with van der Waals surface area (Å²) in [5.74, 6) is -0.579. The molecule has 0 bridgehead atoms. The maximum atomic E-state index is 12.0. The number of aromatic nitrogens is 1. The van der Waals surface area contributed by atoms with E-state index in [2.05, 4.69) is 15.6 Å². The van der Waals surface area contributed by atoms with Gasteiger partial charge in [-0.3, -0.25) is 19.7 Å². The monoisotopic (exact) mass is 285 g/mol. The molecule has 1 saturated heterocycles. The standard InChI is InChI=1S/C15H15N3O3/c19-13-6-5-12(15(21)18-13)16-8-10-7-9-3-1-2-4-11(9)17-14(10)20/h1-4,7,12,16H,5-6,8H2,(H,17,20)(H,18,19,21). The number of pyridine rings is 1. The van der Waals surface area contributed by atoms with Gasteiger partial charge in [0.15, 0.2) is 0 Å². The molecule has 108 valence electrons. The number of amides is 2. The molecule has 1 fully saturated rings. The van der Waals surface area contributed by atoms with E-state index in [0.717, 1.165) is 10.9 Å². The number of fused-ring (bicyclic) bond motifs is 1. The van der Waals surface area contributed by atoms with Crippen molar-refractivity contribution in [1.29, 1.82) is 0 Å². The number of carbonyl (C=O) groups is 2. The SMILES string of the molecule is O=C1CCC(NCc2cc3ccccc3[nH]c2=O)C(=O)N1. The second-order valence-corrected chi connectivity index (χ2v) is 5.10. The lowest BCUT2D eigenvalue weighted by molar-refractivity contribution is -0.134. The van der Waals surface area contributed by atoms with Crippen LogP contribution in [-0.2, 0) is 16.1 Å². The minimum atomic E-state index is -0.437. The normalized spacial score (nSPS) is 18.8. The molecule has 1 atom stereocenters. The zero-order chi connectivity index (χ0) is 14.8. The van der Waals surface area contributed by atoms with Gasteiger partial charge in [0.25, 0.3) is 5.56 Å². The Morgan fingerprint density at radius 1 is 1.19 bits per heavy atom. The average Bonchev–Trinajstić information content (AvgIpc) is 2.46. The summed E-state index contributed by atoms with van der Waals surface area (Å²) in [4.78, 5) is 37.5. The van der Waals surface area contributed by atoms with Crippen molar-refractivity contribution in [1.82, 2.24) is 15.6 Å². The number of H-pyrrole nitrogens is 1. The summed E-state index contributed by atoms with van der Waals surface area (Å²) in [7, 11) is 0. The van der Waals surface area contributed by atoms with Crippen LogP contribution in [0.2, 0.25) is 0 Å². The van der Waals surface area contributed by atoms with Crippen LogP contribution in [0.5, 0.6) is 0 Å². The second-order valence-electron chi connectivity index (χ2n) is 5.10. The molecule has 2 heterocycles. The third-order valence-corrected chi connectivity index (χ3v) is 3.61. The molecule has 21 heavy (non-hydrogen) atoms. The number of para-hydroxylation sites is 1. The van der Waals surface area contributed by atoms with Crippen molar-refractivity contribution >= 4 is 22.7 Å². The number of benzene rings is 1. The van der Waals surface area contributed by atoms with Crippen LogP contribution in [0.1, 0.15) is 18.4 Å². The van der Waals surface area contributed by atoms with Gasteiger partial charge < -0.3 is 10.3 Å². The number of nitrogens with one attached hydrogen (secondary N) is 3. The highest BCUT2D eigenvalue weighted by atomic mass is 16.2. The molecular weight excluding hydrogens is 270 g/mol. The number of imide groups is 1. The Kier molecular flexibility index (Phi) is 3.53. The highest BCUT2D eigenvalue weighted by Crippen LogP contribution is 2.11. The van der Waals surface area contributed by atoms with Crippen LogP contribution in [-0.4, -0.2) is 22.8 Å². The third kappa shape index (κ3) is 2.85. The molecule has 2 aromatic rings. The first-order valence-electron chi connectivity index (χ1n) is 6.81. The van der Waals surface area contributed by atoms with E-state index in [0.29, 0.717) is 18.4 Å². The third-order valence-electron chi connectivity index (χ3n) is 3.61. The Balaban J connectivity index is 1.76. The van der Waals surface area contributed by atoms with Gasteiger partial charge in [0.1, 0.15) is 0 Å². The van der Waals surface area contributed by atoms with Gasteiger partial charge in [0, 0.05) is 24.0 Å². The fourth-order valence-electron chi connectivity index (χ4n) is 2.45. The summed E-state index contributed by atoms with van der Waals surface area (Å²) in [6.45, 7) is 0.284. The highest BCUT2D eigenvalue weighted by molar-refractivity contribution is 6.00. The van der Waals surface area contributed by atoms with Crippen LogP contribution in [0.4, 0.5) is 0 Å². The van der Waals surface area contributed by atoms with Gasteiger partial charge in [-0.1, -0.05) is 18.2 Å². The van der Waals surface area contributed by atoms with Crippen LogP contribution in [0.25, 0.3) is 10.9 Å². The molecule has 0 spiro atoms. The van der Waals surface area contributed by atoms with Gasteiger partial charge in [-0.2, -0.15) is 0 Å². The van der Waals surface area contributed by atoms with E-state index in [1.54, 1.807) is 0 Å². The lowest BCUT2D eigenvalue weighted by Crippen LogP contribution is -2.50. The molecule has 3 N–H and O–H groups in total. The van der Waals surface area contributed by atoms with Gasteiger partial charge in [0.05, 0.1) is 6.04 Å². The quantitative estimate of drug-likeness (QED) is 0.713. The maximum absolute atomic E-state index is 12.0. The molecule has 1 aliphatic heterocycles. The summed E-state index contributed by atoms with van der Waals surface area (Å²) >= 11 is 0. The van der Waals surface area contributed by atoms with Crippen molar-refractivity contribution < 1.29 is 9.59 Å². The van der Waals surface area contributed by atoms with Crippen LogP contribution >= 0.6 is 0 Å². The van der Waals surface area contributed by atoms with E-state index in [1.165, 1.54) is 0 Å². The van der Waals surface area contributed by atoms with Crippen molar-refractivity contribution in [3.05, 3.63) is 46.2 Å². The summed E-state index contributed by atoms with van der Waals surface area (Å²) in [6, 6.07) is 8.90. The summed E-state index contributed by atoms with van der Waals surface area (Å²) in [6.07, 6.45) is 0.771. The number of aromatic amines is 1. The second kappa shape index (κ2) is 5.49. The highest BCUT2D eigenvalue weighted by Gasteiger charge is 2.25. The lowest BCUT2D eigenvalue weighted by atomic mass is 10.1. The van der Waals surface area contributed by atoms with Crippen molar-refractivity contribution in [3.63, 3.8) is 0 Å². The van der Waals surface area contributed by atoms with E-state index in [1.807, 2.05) is 30.3 Å². The zero-order valence-corrected chi connectivity index (χ0v) is 11.3. The van der Waals surface area contributed by atoms with Crippen molar-refractivity contribution in [2.45, 2.75) is 25.4 Å². The number of carbonyl (C=O) groups excluding carboxylic acids is 2. The zero-order valence-electron chi connectivity index (χ0n) is 11.3. The first-order chi connectivity index (χ1) is 10.1. The van der Waals surface area contributed by atoms with Gasteiger partial charge in [-0.15, -0.1) is 0 Å². The van der Waals surface area contributed by atoms with E-state index in [-0.39, 0.29) is 23.9 Å². The molecule has 1 aromatic carbocycles. The summed E-state index contributed by atoms with van der Waals surface area (Å²) in [5, 5.41) is 6.25. The fourth-order valence-corrected chi connectivity index (χ4v) is 2.45. The van der Waals surface area contributed by atoms with E-state index in [4.69, 9.17) is 0 Å². The first kappa shape index (κ1) is 13.5. The van der Waals surface area contributed by atoms with Crippen LogP contribution < -0.4 is 16.2 Å². The molecule has 2 amide bonds. The Labute approximate surface area is 120 Å². The molecule has 3 rings (SSSR count). The number of piperidine rings is 1. The Hall–Kier alpha value is -2.47. The van der Waals surface area contributed by atoms with Crippen molar-refractivity contribution in [2.75, 3.05) is 0 Å². The molecule has 1 aliphatic rings. The van der Waals surface area contributed by atoms with Gasteiger partial charge in [-0.05, 0) is 23.9 Å². The van der Waals surface area contributed by atoms with E-state index in [9.17, 15) is 14.4 Å². The predicted octanol–water partition coefficient (Wildman–Crippen LogP) is 0.423. The minimum absolute atomic E-state index is 0.173. The number of hydrogen-bond donors (Lipinski definition) is 3. The van der Waals surface area contributed by atoms with Crippen LogP contribution in [0, 0.1) is 0 Å². The van der Waals surface area contributed by atoms with Crippen molar-refractivity contribution in [3.8, 4) is 0 Å². The summed E-state index contributed by atoms with van der Waals surface area (Å²) < 4.78 is 0. The first-order valence-corrected chi connectivity index (χ1v) is 6.81. The maximum Gasteiger partial charge on any atom is 0.252 e. The Morgan fingerprint density at radius 2 is 2.00 bits per heavy atom. The molecular formula is C15H15N3O3. The molecule has 0 saturated carbocycles. The summed E-state index contributed by atoms with van der Waals surface area (Å²) in [5.41, 5.74) is 1.18. The Bertz CT molecular complexity index is 766. The number of hydrogen-bond acceptors (Lipinski definition) is 4. The fraction of sp³-hybridized carbons (Fsp3) is 0.267. The smallest absolute Gasteiger partial charge is 0.252 e. The van der Waals surface area contributed by atoms with Gasteiger partial charge in [0.2, 0.25) is 11.8 Å². The van der Waals surface area contributed by atoms with E-state index >= 15 is 0 Å². The van der Waals surface area contributed by atoms with E-state index < -0.39 is 6.04 Å². The molecule has 1 aromatic heterocycles. The van der Waals surface area contributed by atoms with Gasteiger partial charge >= 0.3 is 0 Å². The minimum Gasteiger partial charge on any atom is -0.322 e. The molecule has 0 aliphatic carbocycles. The van der Waals surface area contributed by atoms with Crippen molar-refractivity contribution in [2.24, 2.45) is 0 Å². The largest absolute Gasteiger partial charge is 0.322 e. The number of rotatable bonds is 3. The van der Waals surface area contributed by atoms with Gasteiger partial charge in [-0.25, -0.2) is 0 Å². The molecule has 6 nitrogen and oxygen atoms in total. The predicted molar refractivity (Wildman–Crippen MR) is 77.6 cm³/mol. The lowest BCUT2D eigenvalue weighted by Gasteiger charge is -2.21. The molecule has 6 heteroatoms.